The van der Waals surface area contributed by atoms with E-state index in [0.29, 0.717) is 59.3 Å². The molecule has 0 radical (unpaired) electrons. The van der Waals surface area contributed by atoms with E-state index in [-0.39, 0.29) is 17.4 Å². The van der Waals surface area contributed by atoms with Gasteiger partial charge in [0.15, 0.2) is 11.5 Å². The Kier molecular flexibility index (Phi) is 5.23. The summed E-state index contributed by atoms with van der Waals surface area (Å²) in [5.41, 5.74) is 2.16. The van der Waals surface area contributed by atoms with Crippen LogP contribution in [0.5, 0.6) is 17.2 Å². The molecule has 2 aromatic carbocycles. The van der Waals surface area contributed by atoms with Gasteiger partial charge in [0.05, 0.1) is 17.5 Å². The summed E-state index contributed by atoms with van der Waals surface area (Å²) in [6.07, 6.45) is 1.46. The number of nitro groups is 1. The SMILES string of the molecule is COc1cc(CNc2ncnc3cc(N4CCNCC4)c([N+](=O)[O-])cc23)cc2c1OCO2. The molecule has 2 aliphatic rings. The Morgan fingerprint density at radius 3 is 2.84 bits per heavy atom. The van der Waals surface area contributed by atoms with Gasteiger partial charge in [-0.25, -0.2) is 9.97 Å². The highest BCUT2D eigenvalue weighted by Crippen LogP contribution is 2.42. The molecule has 5 rings (SSSR count). The number of hydrogen-bond donors (Lipinski definition) is 2. The first kappa shape index (κ1) is 20.1. The van der Waals surface area contributed by atoms with E-state index < -0.39 is 0 Å². The van der Waals surface area contributed by atoms with Gasteiger partial charge in [-0.15, -0.1) is 0 Å². The van der Waals surface area contributed by atoms with E-state index in [1.807, 2.05) is 17.0 Å². The number of aromatic nitrogens is 2. The molecule has 2 N–H and O–H groups in total. The number of fused-ring (bicyclic) bond motifs is 2. The normalized spacial score (nSPS) is 15.1. The van der Waals surface area contributed by atoms with Crippen LogP contribution in [0.2, 0.25) is 0 Å². The topological polar surface area (TPSA) is 124 Å². The second-order valence-corrected chi connectivity index (χ2v) is 7.46. The molecule has 32 heavy (non-hydrogen) atoms. The van der Waals surface area contributed by atoms with E-state index in [4.69, 9.17) is 14.2 Å². The van der Waals surface area contributed by atoms with E-state index in [1.54, 1.807) is 19.2 Å². The quantitative estimate of drug-likeness (QED) is 0.437. The van der Waals surface area contributed by atoms with Crippen LogP contribution in [0.3, 0.4) is 0 Å². The number of ether oxygens (including phenoxy) is 3. The number of nitrogens with zero attached hydrogens (tertiary/aromatic N) is 4. The maximum Gasteiger partial charge on any atom is 0.293 e. The molecule has 166 valence electrons. The van der Waals surface area contributed by atoms with Crippen LogP contribution in [0.1, 0.15) is 5.56 Å². The van der Waals surface area contributed by atoms with Gasteiger partial charge < -0.3 is 29.7 Å². The molecule has 0 atom stereocenters. The lowest BCUT2D eigenvalue weighted by Gasteiger charge is -2.29. The Morgan fingerprint density at radius 2 is 2.06 bits per heavy atom. The van der Waals surface area contributed by atoms with Crippen molar-refractivity contribution in [2.24, 2.45) is 0 Å². The largest absolute Gasteiger partial charge is 0.493 e. The van der Waals surface area contributed by atoms with Crippen molar-refractivity contribution in [2.75, 3.05) is 50.3 Å². The van der Waals surface area contributed by atoms with Crippen LogP contribution in [-0.2, 0) is 6.54 Å². The molecule has 0 spiro atoms. The fourth-order valence-electron chi connectivity index (χ4n) is 4.00. The molecule has 1 saturated heterocycles. The third-order valence-corrected chi connectivity index (χ3v) is 5.56. The molecule has 11 heteroatoms. The summed E-state index contributed by atoms with van der Waals surface area (Å²) in [5, 5.41) is 19.0. The van der Waals surface area contributed by atoms with Crippen LogP contribution in [0.25, 0.3) is 10.9 Å². The minimum Gasteiger partial charge on any atom is -0.493 e. The van der Waals surface area contributed by atoms with Crippen molar-refractivity contribution in [3.63, 3.8) is 0 Å². The van der Waals surface area contributed by atoms with Crippen LogP contribution < -0.4 is 29.7 Å². The van der Waals surface area contributed by atoms with Gasteiger partial charge in [-0.1, -0.05) is 0 Å². The van der Waals surface area contributed by atoms with E-state index in [2.05, 4.69) is 20.6 Å². The van der Waals surface area contributed by atoms with E-state index in [0.717, 1.165) is 18.7 Å². The smallest absolute Gasteiger partial charge is 0.293 e. The zero-order chi connectivity index (χ0) is 22.1. The minimum absolute atomic E-state index is 0.0435. The maximum atomic E-state index is 11.8. The molecule has 3 heterocycles. The Hall–Kier alpha value is -3.86. The molecule has 3 aromatic rings. The van der Waals surface area contributed by atoms with Gasteiger partial charge in [-0.2, -0.15) is 0 Å². The standard InChI is InChI=1S/C21H22N6O5/c1-30-18-6-13(7-19-20(18)32-12-31-19)10-23-21-14-8-17(27(28)29)16(9-15(14)24-11-25-21)26-4-2-22-3-5-26/h6-9,11,22H,2-5,10,12H2,1H3,(H,23,24,25). The zero-order valence-corrected chi connectivity index (χ0v) is 17.5. The Labute approximate surface area is 183 Å². The number of nitro benzene ring substituents is 1. The van der Waals surface area contributed by atoms with Crippen molar-refractivity contribution >= 4 is 28.1 Å². The summed E-state index contributed by atoms with van der Waals surface area (Å²) in [7, 11) is 1.57. The maximum absolute atomic E-state index is 11.8. The molecule has 0 unspecified atom stereocenters. The average Bonchev–Trinajstić information content (AvgIpc) is 3.30. The van der Waals surface area contributed by atoms with Crippen LogP contribution in [-0.4, -0.2) is 55.0 Å². The molecule has 2 aliphatic heterocycles. The van der Waals surface area contributed by atoms with E-state index in [1.165, 1.54) is 6.33 Å². The van der Waals surface area contributed by atoms with Crippen LogP contribution in [0, 0.1) is 10.1 Å². The third-order valence-electron chi connectivity index (χ3n) is 5.56. The van der Waals surface area contributed by atoms with Crippen molar-refractivity contribution in [3.8, 4) is 17.2 Å². The second kappa shape index (κ2) is 8.35. The molecule has 1 aromatic heterocycles. The first-order chi connectivity index (χ1) is 15.6. The minimum atomic E-state index is -0.351. The summed E-state index contributed by atoms with van der Waals surface area (Å²) in [4.78, 5) is 22.2. The zero-order valence-electron chi connectivity index (χ0n) is 17.5. The van der Waals surface area contributed by atoms with Gasteiger partial charge in [0.2, 0.25) is 12.5 Å². The number of methoxy groups -OCH3 is 1. The summed E-state index contributed by atoms with van der Waals surface area (Å²) in [6.45, 7) is 3.53. The van der Waals surface area contributed by atoms with Gasteiger partial charge in [-0.3, -0.25) is 10.1 Å². The molecule has 0 bridgehead atoms. The predicted molar refractivity (Wildman–Crippen MR) is 118 cm³/mol. The number of piperazine rings is 1. The summed E-state index contributed by atoms with van der Waals surface area (Å²) < 4.78 is 16.3. The monoisotopic (exact) mass is 438 g/mol. The number of anilines is 2. The fraction of sp³-hybridized carbons (Fsp3) is 0.333. The van der Waals surface area contributed by atoms with Crippen molar-refractivity contribution in [1.82, 2.24) is 15.3 Å². The van der Waals surface area contributed by atoms with Crippen molar-refractivity contribution < 1.29 is 19.1 Å². The molecular formula is C21H22N6O5. The average molecular weight is 438 g/mol. The summed E-state index contributed by atoms with van der Waals surface area (Å²) >= 11 is 0. The summed E-state index contributed by atoms with van der Waals surface area (Å²) in [5.74, 6) is 2.30. The van der Waals surface area contributed by atoms with Crippen LogP contribution >= 0.6 is 0 Å². The highest BCUT2D eigenvalue weighted by molar-refractivity contribution is 5.94. The Bertz CT molecular complexity index is 1180. The number of rotatable bonds is 6. The van der Waals surface area contributed by atoms with Crippen LogP contribution in [0.15, 0.2) is 30.6 Å². The molecule has 1 fully saturated rings. The highest BCUT2D eigenvalue weighted by Gasteiger charge is 2.24. The highest BCUT2D eigenvalue weighted by atomic mass is 16.7. The number of hydrogen-bond acceptors (Lipinski definition) is 10. The molecule has 0 saturated carbocycles. The predicted octanol–water partition coefficient (Wildman–Crippen LogP) is 2.30. The molecule has 0 amide bonds. The molecule has 11 nitrogen and oxygen atoms in total. The second-order valence-electron chi connectivity index (χ2n) is 7.46. The van der Waals surface area contributed by atoms with Gasteiger partial charge in [0.25, 0.3) is 5.69 Å². The lowest BCUT2D eigenvalue weighted by atomic mass is 10.1. The van der Waals surface area contributed by atoms with Crippen molar-refractivity contribution in [3.05, 3.63) is 46.3 Å². The Morgan fingerprint density at radius 1 is 1.22 bits per heavy atom. The van der Waals surface area contributed by atoms with Crippen molar-refractivity contribution in [2.45, 2.75) is 6.54 Å². The lowest BCUT2D eigenvalue weighted by Crippen LogP contribution is -2.43. The fourth-order valence-corrected chi connectivity index (χ4v) is 4.00. The van der Waals surface area contributed by atoms with E-state index in [9.17, 15) is 10.1 Å². The van der Waals surface area contributed by atoms with Crippen molar-refractivity contribution in [1.29, 1.82) is 0 Å². The lowest BCUT2D eigenvalue weighted by molar-refractivity contribution is -0.384. The van der Waals surface area contributed by atoms with Gasteiger partial charge in [-0.05, 0) is 23.8 Å². The van der Waals surface area contributed by atoms with Gasteiger partial charge >= 0.3 is 0 Å². The van der Waals surface area contributed by atoms with Crippen LogP contribution in [0.4, 0.5) is 17.2 Å². The van der Waals surface area contributed by atoms with Gasteiger partial charge in [0, 0.05) is 44.2 Å². The molecule has 0 aliphatic carbocycles. The first-order valence-corrected chi connectivity index (χ1v) is 10.2. The first-order valence-electron chi connectivity index (χ1n) is 10.2. The van der Waals surface area contributed by atoms with E-state index >= 15 is 0 Å². The number of nitrogens with one attached hydrogen (secondary N) is 2. The summed E-state index contributed by atoms with van der Waals surface area (Å²) in [6, 6.07) is 7.05. The third kappa shape index (κ3) is 3.66. The number of benzene rings is 2. The Balaban J connectivity index is 1.47. The molecular weight excluding hydrogens is 416 g/mol. The van der Waals surface area contributed by atoms with Gasteiger partial charge in [0.1, 0.15) is 17.8 Å².